The summed E-state index contributed by atoms with van der Waals surface area (Å²) in [4.78, 5) is 11.2. The van der Waals surface area contributed by atoms with Crippen molar-refractivity contribution in [2.24, 2.45) is 5.92 Å². The molecule has 92 valence electrons. The number of carboxylic acids is 1. The first-order chi connectivity index (χ1) is 7.08. The van der Waals surface area contributed by atoms with E-state index in [2.05, 4.69) is 0 Å². The van der Waals surface area contributed by atoms with Gasteiger partial charge in [-0.2, -0.15) is 0 Å². The van der Waals surface area contributed by atoms with E-state index in [1.807, 2.05) is 41.5 Å². The number of hydrogen-bond acceptors (Lipinski definition) is 3. The van der Waals surface area contributed by atoms with E-state index in [0.717, 1.165) is 0 Å². The Morgan fingerprint density at radius 2 is 1.50 bits per heavy atom. The second kappa shape index (κ2) is 4.04. The van der Waals surface area contributed by atoms with Crippen molar-refractivity contribution < 1.29 is 19.2 Å². The minimum Gasteiger partial charge on any atom is -0.481 e. The molecule has 1 saturated heterocycles. The lowest BCUT2D eigenvalue weighted by Gasteiger charge is -2.32. The molecule has 0 amide bonds. The van der Waals surface area contributed by atoms with Gasteiger partial charge in [0.05, 0.1) is 17.0 Å². The molecule has 1 fully saturated rings. The molecule has 0 aromatic carbocycles. The fourth-order valence-corrected chi connectivity index (χ4v) is 1.75. The summed E-state index contributed by atoms with van der Waals surface area (Å²) in [5.74, 6) is -1.51. The number of hydrogen-bond donors (Lipinski definition) is 1. The summed E-state index contributed by atoms with van der Waals surface area (Å²) < 4.78 is 11.5. The third-order valence-electron chi connectivity index (χ3n) is 3.57. The molecule has 0 unspecified atom stereocenters. The highest BCUT2D eigenvalue weighted by atomic mass is 16.7. The highest BCUT2D eigenvalue weighted by Crippen LogP contribution is 2.41. The summed E-state index contributed by atoms with van der Waals surface area (Å²) in [6.45, 7) is 11.4. The molecule has 1 atom stereocenters. The molecule has 1 heterocycles. The van der Waals surface area contributed by atoms with E-state index >= 15 is 0 Å². The van der Waals surface area contributed by atoms with Gasteiger partial charge in [0.1, 0.15) is 0 Å². The Bertz CT molecular complexity index is 270. The summed E-state index contributed by atoms with van der Waals surface area (Å²) in [7, 11) is -0.664. The van der Waals surface area contributed by atoms with Gasteiger partial charge in [0.15, 0.2) is 0 Å². The predicted octanol–water partition coefficient (Wildman–Crippen LogP) is 2.19. The van der Waals surface area contributed by atoms with Gasteiger partial charge in [-0.15, -0.1) is 0 Å². The van der Waals surface area contributed by atoms with Crippen LogP contribution >= 0.6 is 0 Å². The first-order valence-electron chi connectivity index (χ1n) is 5.67. The number of carbonyl (C=O) groups is 1. The van der Waals surface area contributed by atoms with Crippen LogP contribution in [0.4, 0.5) is 0 Å². The minimum atomic E-state index is -0.867. The van der Waals surface area contributed by atoms with Gasteiger partial charge in [0.2, 0.25) is 0 Å². The summed E-state index contributed by atoms with van der Waals surface area (Å²) in [5, 5.41) is 9.18. The zero-order valence-electron chi connectivity index (χ0n) is 10.9. The lowest BCUT2D eigenvalue weighted by Crippen LogP contribution is -2.41. The SMILES string of the molecule is CC(C)[C@@H](B1OC(C)(C)C(C)(C)O1)C(=O)O. The molecule has 16 heavy (non-hydrogen) atoms. The van der Waals surface area contributed by atoms with Crippen molar-refractivity contribution >= 4 is 13.1 Å². The van der Waals surface area contributed by atoms with Gasteiger partial charge in [0, 0.05) is 0 Å². The van der Waals surface area contributed by atoms with Crippen molar-refractivity contribution in [1.82, 2.24) is 0 Å². The molecule has 5 heteroatoms. The molecule has 0 aromatic heterocycles. The Morgan fingerprint density at radius 1 is 1.12 bits per heavy atom. The van der Waals surface area contributed by atoms with E-state index in [0.29, 0.717) is 0 Å². The third-order valence-corrected chi connectivity index (χ3v) is 3.57. The topological polar surface area (TPSA) is 55.8 Å². The number of aliphatic carboxylic acids is 1. The van der Waals surface area contributed by atoms with E-state index in [-0.39, 0.29) is 5.92 Å². The molecule has 1 aliphatic heterocycles. The minimum absolute atomic E-state index is 0.0211. The zero-order chi connectivity index (χ0) is 12.7. The maximum Gasteiger partial charge on any atom is 0.473 e. The quantitative estimate of drug-likeness (QED) is 0.752. The molecular formula is C11H21BO4. The van der Waals surface area contributed by atoms with Crippen molar-refractivity contribution in [1.29, 1.82) is 0 Å². The summed E-state index contributed by atoms with van der Waals surface area (Å²) in [6, 6.07) is 0. The average Bonchev–Trinajstić information content (AvgIpc) is 2.17. The summed E-state index contributed by atoms with van der Waals surface area (Å²) in [6.07, 6.45) is 0. The average molecular weight is 228 g/mol. The van der Waals surface area contributed by atoms with E-state index in [9.17, 15) is 9.90 Å². The Morgan fingerprint density at radius 3 is 1.75 bits per heavy atom. The van der Waals surface area contributed by atoms with Crippen LogP contribution < -0.4 is 0 Å². The van der Waals surface area contributed by atoms with Crippen LogP contribution in [-0.2, 0) is 14.1 Å². The van der Waals surface area contributed by atoms with Crippen molar-refractivity contribution in [3.05, 3.63) is 0 Å². The second-order valence-corrected chi connectivity index (χ2v) is 5.73. The van der Waals surface area contributed by atoms with Crippen molar-refractivity contribution in [3.63, 3.8) is 0 Å². The van der Waals surface area contributed by atoms with Crippen LogP contribution in [0.2, 0.25) is 5.82 Å². The summed E-state index contributed by atoms with van der Waals surface area (Å²) in [5.41, 5.74) is -0.944. The van der Waals surface area contributed by atoms with Crippen molar-refractivity contribution in [2.45, 2.75) is 58.6 Å². The molecule has 0 radical (unpaired) electrons. The maximum absolute atomic E-state index is 11.2. The van der Waals surface area contributed by atoms with E-state index in [1.54, 1.807) is 0 Å². The molecule has 0 spiro atoms. The smallest absolute Gasteiger partial charge is 0.473 e. The highest BCUT2D eigenvalue weighted by molar-refractivity contribution is 6.52. The van der Waals surface area contributed by atoms with Gasteiger partial charge in [-0.3, -0.25) is 4.79 Å². The van der Waals surface area contributed by atoms with Gasteiger partial charge >= 0.3 is 13.1 Å². The molecule has 1 N–H and O–H groups in total. The molecule has 0 bridgehead atoms. The zero-order valence-corrected chi connectivity index (χ0v) is 10.9. The Hall–Kier alpha value is -0.545. The van der Waals surface area contributed by atoms with Crippen molar-refractivity contribution in [2.75, 3.05) is 0 Å². The third kappa shape index (κ3) is 2.25. The van der Waals surface area contributed by atoms with Gasteiger partial charge in [-0.25, -0.2) is 0 Å². The molecule has 0 saturated carbocycles. The normalized spacial score (nSPS) is 24.8. The van der Waals surface area contributed by atoms with Crippen LogP contribution in [-0.4, -0.2) is 29.4 Å². The predicted molar refractivity (Wildman–Crippen MR) is 62.3 cm³/mol. The number of carboxylic acid groups (broad SMARTS) is 1. The van der Waals surface area contributed by atoms with Crippen LogP contribution in [0.15, 0.2) is 0 Å². The van der Waals surface area contributed by atoms with E-state index in [4.69, 9.17) is 9.31 Å². The van der Waals surface area contributed by atoms with Gasteiger partial charge < -0.3 is 14.4 Å². The molecule has 1 rings (SSSR count). The summed E-state index contributed by atoms with van der Waals surface area (Å²) >= 11 is 0. The lowest BCUT2D eigenvalue weighted by atomic mass is 9.66. The Labute approximate surface area is 97.5 Å². The molecule has 1 aliphatic rings. The van der Waals surface area contributed by atoms with Gasteiger partial charge in [-0.05, 0) is 33.6 Å². The lowest BCUT2D eigenvalue weighted by molar-refractivity contribution is -0.138. The van der Waals surface area contributed by atoms with Gasteiger partial charge in [-0.1, -0.05) is 13.8 Å². The van der Waals surface area contributed by atoms with E-state index < -0.39 is 30.1 Å². The highest BCUT2D eigenvalue weighted by Gasteiger charge is 2.56. The van der Waals surface area contributed by atoms with E-state index in [1.165, 1.54) is 0 Å². The molecular weight excluding hydrogens is 207 g/mol. The maximum atomic E-state index is 11.2. The van der Waals surface area contributed by atoms with Crippen LogP contribution in [0.1, 0.15) is 41.5 Å². The van der Waals surface area contributed by atoms with Crippen LogP contribution in [0.3, 0.4) is 0 Å². The first-order valence-corrected chi connectivity index (χ1v) is 5.67. The Kier molecular flexibility index (Phi) is 3.41. The fourth-order valence-electron chi connectivity index (χ4n) is 1.75. The van der Waals surface area contributed by atoms with Crippen molar-refractivity contribution in [3.8, 4) is 0 Å². The van der Waals surface area contributed by atoms with Crippen LogP contribution in [0.25, 0.3) is 0 Å². The Balaban J connectivity index is 2.89. The monoisotopic (exact) mass is 228 g/mol. The largest absolute Gasteiger partial charge is 0.481 e. The first kappa shape index (κ1) is 13.5. The molecule has 0 aliphatic carbocycles. The second-order valence-electron chi connectivity index (χ2n) is 5.73. The van der Waals surface area contributed by atoms with Crippen LogP contribution in [0, 0.1) is 5.92 Å². The standard InChI is InChI=1S/C11H21BO4/c1-7(2)8(9(13)14)12-15-10(3,4)11(5,6)16-12/h7-8H,1-6H3,(H,13,14)/t8-/m1/s1. The van der Waals surface area contributed by atoms with Crippen LogP contribution in [0.5, 0.6) is 0 Å². The molecule has 4 nitrogen and oxygen atoms in total. The fraction of sp³-hybridized carbons (Fsp3) is 0.909. The number of rotatable bonds is 3. The van der Waals surface area contributed by atoms with Gasteiger partial charge in [0.25, 0.3) is 0 Å². The molecule has 0 aromatic rings.